The quantitative estimate of drug-likeness (QED) is 0.655. The molecule has 0 atom stereocenters. The van der Waals surface area contributed by atoms with Crippen LogP contribution in [0.4, 0.5) is 0 Å². The van der Waals surface area contributed by atoms with Crippen LogP contribution in [-0.4, -0.2) is 40.2 Å². The number of nitriles is 1. The van der Waals surface area contributed by atoms with Crippen molar-refractivity contribution in [1.82, 2.24) is 4.90 Å². The van der Waals surface area contributed by atoms with Gasteiger partial charge in [-0.15, -0.1) is 0 Å². The second kappa shape index (κ2) is 4.21. The molecule has 3 nitrogen and oxygen atoms in total. The molecular formula is C9H16N2OS. The molecule has 0 aromatic rings. The molecule has 13 heavy (non-hydrogen) atoms. The third kappa shape index (κ3) is 3.45. The summed E-state index contributed by atoms with van der Waals surface area (Å²) in [6.45, 7) is 6.42. The molecule has 0 unspecified atom stereocenters. The van der Waals surface area contributed by atoms with Crippen LogP contribution in [0.5, 0.6) is 0 Å². The predicted octanol–water partition coefficient (Wildman–Crippen LogP) is 0.600. The van der Waals surface area contributed by atoms with E-state index < -0.39 is 10.8 Å². The van der Waals surface area contributed by atoms with Crippen molar-refractivity contribution < 1.29 is 4.21 Å². The van der Waals surface area contributed by atoms with Crippen molar-refractivity contribution in [3.05, 3.63) is 0 Å². The topological polar surface area (TPSA) is 44.1 Å². The van der Waals surface area contributed by atoms with Crippen molar-refractivity contribution in [2.75, 3.05) is 31.1 Å². The van der Waals surface area contributed by atoms with Gasteiger partial charge in [-0.25, -0.2) is 0 Å². The van der Waals surface area contributed by atoms with Crippen LogP contribution in [0.25, 0.3) is 0 Å². The number of nitrogens with zero attached hydrogens (tertiary/aromatic N) is 2. The minimum Gasteiger partial charge on any atom is -0.300 e. The van der Waals surface area contributed by atoms with Gasteiger partial charge in [0.25, 0.3) is 0 Å². The average molecular weight is 200 g/mol. The highest BCUT2D eigenvalue weighted by Crippen LogP contribution is 2.16. The van der Waals surface area contributed by atoms with Crippen LogP contribution in [0.15, 0.2) is 0 Å². The van der Waals surface area contributed by atoms with Crippen molar-refractivity contribution >= 4 is 10.8 Å². The van der Waals surface area contributed by atoms with E-state index >= 15 is 0 Å². The molecular weight excluding hydrogens is 184 g/mol. The lowest BCUT2D eigenvalue weighted by atomic mass is 9.95. The zero-order valence-electron chi connectivity index (χ0n) is 8.25. The molecule has 1 aliphatic rings. The standard InChI is InChI=1S/C9H16N2OS/c1-9(2,7-10)8-11-3-5-13(12)6-4-11/h3-6,8H2,1-2H3. The zero-order valence-corrected chi connectivity index (χ0v) is 9.06. The molecule has 0 radical (unpaired) electrons. The minimum absolute atomic E-state index is 0.279. The first-order chi connectivity index (χ1) is 6.03. The Morgan fingerprint density at radius 1 is 1.46 bits per heavy atom. The van der Waals surface area contributed by atoms with Gasteiger partial charge in [0.15, 0.2) is 0 Å². The average Bonchev–Trinajstić information content (AvgIpc) is 2.09. The van der Waals surface area contributed by atoms with Gasteiger partial charge in [0.1, 0.15) is 0 Å². The number of hydrogen-bond donors (Lipinski definition) is 0. The lowest BCUT2D eigenvalue weighted by Gasteiger charge is -2.30. The summed E-state index contributed by atoms with van der Waals surface area (Å²) >= 11 is 0. The van der Waals surface area contributed by atoms with Crippen molar-refractivity contribution in [3.63, 3.8) is 0 Å². The lowest BCUT2D eigenvalue weighted by molar-refractivity contribution is 0.231. The summed E-state index contributed by atoms with van der Waals surface area (Å²) in [5.41, 5.74) is -0.279. The monoisotopic (exact) mass is 200 g/mol. The van der Waals surface area contributed by atoms with E-state index in [2.05, 4.69) is 11.0 Å². The Balaban J connectivity index is 2.39. The molecule has 0 bridgehead atoms. The molecule has 0 aliphatic carbocycles. The molecule has 4 heteroatoms. The molecule has 1 saturated heterocycles. The molecule has 0 aromatic carbocycles. The maximum atomic E-state index is 11.1. The molecule has 1 rings (SSSR count). The van der Waals surface area contributed by atoms with Gasteiger partial charge in [0, 0.05) is 41.9 Å². The van der Waals surface area contributed by atoms with Crippen LogP contribution < -0.4 is 0 Å². The van der Waals surface area contributed by atoms with E-state index in [-0.39, 0.29) is 5.41 Å². The smallest absolute Gasteiger partial charge is 0.0697 e. The maximum absolute atomic E-state index is 11.1. The third-order valence-electron chi connectivity index (χ3n) is 2.19. The van der Waals surface area contributed by atoms with Crippen LogP contribution in [0.2, 0.25) is 0 Å². The Morgan fingerprint density at radius 2 is 2.00 bits per heavy atom. The van der Waals surface area contributed by atoms with Crippen LogP contribution in [0.1, 0.15) is 13.8 Å². The Bertz CT molecular complexity index is 234. The van der Waals surface area contributed by atoms with Crippen LogP contribution in [0.3, 0.4) is 0 Å². The van der Waals surface area contributed by atoms with Crippen molar-refractivity contribution in [3.8, 4) is 6.07 Å². The Morgan fingerprint density at radius 3 is 2.46 bits per heavy atom. The summed E-state index contributed by atoms with van der Waals surface area (Å²) in [5, 5.41) is 8.84. The van der Waals surface area contributed by atoms with Gasteiger partial charge in [-0.1, -0.05) is 0 Å². The largest absolute Gasteiger partial charge is 0.300 e. The molecule has 1 fully saturated rings. The van der Waals surface area contributed by atoms with Gasteiger partial charge < -0.3 is 0 Å². The highest BCUT2D eigenvalue weighted by molar-refractivity contribution is 7.85. The van der Waals surface area contributed by atoms with Gasteiger partial charge in [-0.3, -0.25) is 9.11 Å². The van der Waals surface area contributed by atoms with Crippen LogP contribution >= 0.6 is 0 Å². The molecule has 0 aromatic heterocycles. The summed E-state index contributed by atoms with van der Waals surface area (Å²) in [4.78, 5) is 2.23. The van der Waals surface area contributed by atoms with Crippen LogP contribution in [0, 0.1) is 16.7 Å². The van der Waals surface area contributed by atoms with Gasteiger partial charge >= 0.3 is 0 Å². The minimum atomic E-state index is -0.616. The fourth-order valence-electron chi connectivity index (χ4n) is 1.43. The first kappa shape index (κ1) is 10.7. The first-order valence-electron chi connectivity index (χ1n) is 4.52. The number of rotatable bonds is 2. The van der Waals surface area contributed by atoms with Gasteiger partial charge in [0.2, 0.25) is 0 Å². The highest BCUT2D eigenvalue weighted by Gasteiger charge is 2.23. The molecule has 74 valence electrons. The summed E-state index contributed by atoms with van der Waals surface area (Å²) in [6, 6.07) is 2.28. The van der Waals surface area contributed by atoms with E-state index in [0.717, 1.165) is 31.1 Å². The summed E-state index contributed by atoms with van der Waals surface area (Å²) in [6.07, 6.45) is 0. The third-order valence-corrected chi connectivity index (χ3v) is 3.47. The van der Waals surface area contributed by atoms with Crippen molar-refractivity contribution in [2.45, 2.75) is 13.8 Å². The van der Waals surface area contributed by atoms with Crippen LogP contribution in [-0.2, 0) is 10.8 Å². The van der Waals surface area contributed by atoms with E-state index in [1.54, 1.807) is 0 Å². The molecule has 1 aliphatic heterocycles. The fourth-order valence-corrected chi connectivity index (χ4v) is 2.56. The Kier molecular flexibility index (Phi) is 3.46. The van der Waals surface area contributed by atoms with Gasteiger partial charge in [-0.05, 0) is 13.8 Å². The van der Waals surface area contributed by atoms with E-state index in [1.165, 1.54) is 0 Å². The molecule has 0 amide bonds. The van der Waals surface area contributed by atoms with E-state index in [9.17, 15) is 4.21 Å². The van der Waals surface area contributed by atoms with E-state index in [1.807, 2.05) is 13.8 Å². The normalized spacial score (nSPS) is 21.3. The maximum Gasteiger partial charge on any atom is 0.0697 e. The SMILES string of the molecule is CC(C)(C#N)CN1CCS(=O)CC1. The molecule has 0 spiro atoms. The molecule has 1 heterocycles. The first-order valence-corrected chi connectivity index (χ1v) is 6.01. The number of hydrogen-bond acceptors (Lipinski definition) is 3. The van der Waals surface area contributed by atoms with Gasteiger partial charge in [0.05, 0.1) is 11.5 Å². The summed E-state index contributed by atoms with van der Waals surface area (Å²) < 4.78 is 11.1. The predicted molar refractivity (Wildman–Crippen MR) is 53.7 cm³/mol. The molecule has 0 saturated carbocycles. The zero-order chi connectivity index (χ0) is 9.90. The second-order valence-electron chi connectivity index (χ2n) is 4.12. The highest BCUT2D eigenvalue weighted by atomic mass is 32.2. The van der Waals surface area contributed by atoms with E-state index in [0.29, 0.717) is 0 Å². The second-order valence-corrected chi connectivity index (χ2v) is 5.82. The van der Waals surface area contributed by atoms with Crippen molar-refractivity contribution in [1.29, 1.82) is 5.26 Å². The lowest BCUT2D eigenvalue weighted by Crippen LogP contribution is -2.42. The molecule has 0 N–H and O–H groups in total. The van der Waals surface area contributed by atoms with E-state index in [4.69, 9.17) is 5.26 Å². The van der Waals surface area contributed by atoms with Gasteiger partial charge in [-0.2, -0.15) is 5.26 Å². The fraction of sp³-hybridized carbons (Fsp3) is 0.889. The summed E-state index contributed by atoms with van der Waals surface area (Å²) in [7, 11) is -0.616. The van der Waals surface area contributed by atoms with Crippen molar-refractivity contribution in [2.24, 2.45) is 5.41 Å². The summed E-state index contributed by atoms with van der Waals surface area (Å²) in [5.74, 6) is 1.53. The Labute approximate surface area is 82.2 Å². The Hall–Kier alpha value is -0.400.